The van der Waals surface area contributed by atoms with Crippen molar-refractivity contribution in [2.75, 3.05) is 7.05 Å². The molecule has 0 amide bonds. The Bertz CT molecular complexity index is 266. The molecular formula is C11H17N. The average molecular weight is 163 g/mol. The molecule has 0 bridgehead atoms. The number of rotatable bonds is 2. The molecule has 1 heteroatoms. The smallest absolute Gasteiger partial charge is 0.0289 e. The Morgan fingerprint density at radius 1 is 1.17 bits per heavy atom. The molecule has 1 atom stereocenters. The van der Waals surface area contributed by atoms with Crippen molar-refractivity contribution in [1.82, 2.24) is 5.32 Å². The number of benzene rings is 1. The van der Waals surface area contributed by atoms with Crippen LogP contribution in [-0.2, 0) is 0 Å². The van der Waals surface area contributed by atoms with Crippen LogP contribution < -0.4 is 5.32 Å². The highest BCUT2D eigenvalue weighted by Gasteiger charge is 2.02. The van der Waals surface area contributed by atoms with Crippen LogP contribution in [0.5, 0.6) is 0 Å². The Labute approximate surface area is 74.8 Å². The first kappa shape index (κ1) is 9.27. The largest absolute Gasteiger partial charge is 0.313 e. The fourth-order valence-corrected chi connectivity index (χ4v) is 1.20. The lowest BCUT2D eigenvalue weighted by molar-refractivity contribution is 0.651. The van der Waals surface area contributed by atoms with Gasteiger partial charge in [-0.3, -0.25) is 0 Å². The molecule has 0 aliphatic carbocycles. The highest BCUT2D eigenvalue weighted by Crippen LogP contribution is 2.15. The van der Waals surface area contributed by atoms with Crippen LogP contribution in [0, 0.1) is 13.8 Å². The molecule has 0 fully saturated rings. The molecule has 0 radical (unpaired) electrons. The first-order valence-corrected chi connectivity index (χ1v) is 4.39. The van der Waals surface area contributed by atoms with Gasteiger partial charge < -0.3 is 5.32 Å². The lowest BCUT2D eigenvalue weighted by Gasteiger charge is -2.11. The fraction of sp³-hybridized carbons (Fsp3) is 0.455. The molecule has 1 aromatic rings. The van der Waals surface area contributed by atoms with Gasteiger partial charge in [-0.1, -0.05) is 18.2 Å². The molecule has 0 aliphatic rings. The summed E-state index contributed by atoms with van der Waals surface area (Å²) >= 11 is 0. The molecule has 1 nitrogen and oxygen atoms in total. The molecule has 66 valence electrons. The van der Waals surface area contributed by atoms with Gasteiger partial charge in [-0.25, -0.2) is 0 Å². The standard InChI is InChI=1S/C11H17N/c1-8-5-6-11(7-9(8)2)10(3)12-4/h5-7,10,12H,1-4H3. The quantitative estimate of drug-likeness (QED) is 0.706. The minimum Gasteiger partial charge on any atom is -0.313 e. The Kier molecular flexibility index (Phi) is 2.88. The third-order valence-corrected chi connectivity index (χ3v) is 2.46. The fourth-order valence-electron chi connectivity index (χ4n) is 1.20. The lowest BCUT2D eigenvalue weighted by Crippen LogP contribution is -2.12. The van der Waals surface area contributed by atoms with Crippen molar-refractivity contribution in [2.24, 2.45) is 0 Å². The summed E-state index contributed by atoms with van der Waals surface area (Å²) in [6, 6.07) is 7.06. The lowest BCUT2D eigenvalue weighted by atomic mass is 10.0. The molecule has 0 heterocycles. The SMILES string of the molecule is CNC(C)c1ccc(C)c(C)c1. The minimum atomic E-state index is 0.448. The molecule has 1 unspecified atom stereocenters. The maximum atomic E-state index is 3.23. The van der Waals surface area contributed by atoms with E-state index in [1.807, 2.05) is 7.05 Å². The summed E-state index contributed by atoms with van der Waals surface area (Å²) < 4.78 is 0. The van der Waals surface area contributed by atoms with Gasteiger partial charge in [-0.05, 0) is 44.5 Å². The van der Waals surface area contributed by atoms with Crippen LogP contribution in [0.25, 0.3) is 0 Å². The van der Waals surface area contributed by atoms with Gasteiger partial charge in [0.25, 0.3) is 0 Å². The van der Waals surface area contributed by atoms with Crippen LogP contribution in [0.4, 0.5) is 0 Å². The van der Waals surface area contributed by atoms with Crippen molar-refractivity contribution in [3.63, 3.8) is 0 Å². The van der Waals surface area contributed by atoms with Crippen molar-refractivity contribution in [3.05, 3.63) is 34.9 Å². The predicted octanol–water partition coefficient (Wildman–Crippen LogP) is 2.58. The summed E-state index contributed by atoms with van der Waals surface area (Å²) in [6.45, 7) is 6.47. The van der Waals surface area contributed by atoms with E-state index in [4.69, 9.17) is 0 Å². The average Bonchev–Trinajstić information content (AvgIpc) is 2.08. The van der Waals surface area contributed by atoms with Crippen molar-refractivity contribution in [1.29, 1.82) is 0 Å². The van der Waals surface area contributed by atoms with Gasteiger partial charge in [-0.15, -0.1) is 0 Å². The Morgan fingerprint density at radius 3 is 2.33 bits per heavy atom. The number of aryl methyl sites for hydroxylation is 2. The van der Waals surface area contributed by atoms with Gasteiger partial charge in [-0.2, -0.15) is 0 Å². The first-order valence-electron chi connectivity index (χ1n) is 4.39. The third-order valence-electron chi connectivity index (χ3n) is 2.46. The van der Waals surface area contributed by atoms with E-state index in [1.165, 1.54) is 16.7 Å². The molecule has 0 aromatic heterocycles. The van der Waals surface area contributed by atoms with Crippen LogP contribution >= 0.6 is 0 Å². The second kappa shape index (κ2) is 3.72. The van der Waals surface area contributed by atoms with Crippen LogP contribution in [0.2, 0.25) is 0 Å². The zero-order valence-corrected chi connectivity index (χ0v) is 8.31. The highest BCUT2D eigenvalue weighted by atomic mass is 14.8. The Hall–Kier alpha value is -0.820. The van der Waals surface area contributed by atoms with Gasteiger partial charge in [0.1, 0.15) is 0 Å². The van der Waals surface area contributed by atoms with Gasteiger partial charge in [0.05, 0.1) is 0 Å². The third kappa shape index (κ3) is 1.86. The van der Waals surface area contributed by atoms with Crippen molar-refractivity contribution in [3.8, 4) is 0 Å². The number of hydrogen-bond donors (Lipinski definition) is 1. The first-order chi connectivity index (χ1) is 5.65. The topological polar surface area (TPSA) is 12.0 Å². The highest BCUT2D eigenvalue weighted by molar-refractivity contribution is 5.31. The maximum Gasteiger partial charge on any atom is 0.0289 e. The monoisotopic (exact) mass is 163 g/mol. The summed E-state index contributed by atoms with van der Waals surface area (Å²) in [5.74, 6) is 0. The van der Waals surface area contributed by atoms with Crippen LogP contribution in [-0.4, -0.2) is 7.05 Å². The summed E-state index contributed by atoms with van der Waals surface area (Å²) in [5, 5.41) is 3.23. The Morgan fingerprint density at radius 2 is 1.83 bits per heavy atom. The van der Waals surface area contributed by atoms with Gasteiger partial charge in [0.15, 0.2) is 0 Å². The van der Waals surface area contributed by atoms with Gasteiger partial charge in [0.2, 0.25) is 0 Å². The van der Waals surface area contributed by atoms with Crippen LogP contribution in [0.1, 0.15) is 29.7 Å². The van der Waals surface area contributed by atoms with Gasteiger partial charge in [0, 0.05) is 6.04 Å². The van der Waals surface area contributed by atoms with Crippen molar-refractivity contribution < 1.29 is 0 Å². The normalized spacial score (nSPS) is 13.0. The summed E-state index contributed by atoms with van der Waals surface area (Å²) in [5.41, 5.74) is 4.09. The van der Waals surface area contributed by atoms with Crippen LogP contribution in [0.15, 0.2) is 18.2 Å². The summed E-state index contributed by atoms with van der Waals surface area (Å²) in [6.07, 6.45) is 0. The molecule has 0 saturated carbocycles. The van der Waals surface area contributed by atoms with E-state index in [1.54, 1.807) is 0 Å². The van der Waals surface area contributed by atoms with Crippen LogP contribution in [0.3, 0.4) is 0 Å². The molecule has 0 aliphatic heterocycles. The molecule has 1 N–H and O–H groups in total. The summed E-state index contributed by atoms with van der Waals surface area (Å²) in [4.78, 5) is 0. The molecule has 0 spiro atoms. The molecule has 1 aromatic carbocycles. The van der Waals surface area contributed by atoms with E-state index in [0.717, 1.165) is 0 Å². The van der Waals surface area contributed by atoms with E-state index in [0.29, 0.717) is 6.04 Å². The van der Waals surface area contributed by atoms with E-state index in [-0.39, 0.29) is 0 Å². The molecule has 0 saturated heterocycles. The second-order valence-corrected chi connectivity index (χ2v) is 3.35. The number of hydrogen-bond acceptors (Lipinski definition) is 1. The van der Waals surface area contributed by atoms with E-state index in [2.05, 4.69) is 44.3 Å². The van der Waals surface area contributed by atoms with E-state index in [9.17, 15) is 0 Å². The predicted molar refractivity (Wildman–Crippen MR) is 53.4 cm³/mol. The number of nitrogens with one attached hydrogen (secondary N) is 1. The van der Waals surface area contributed by atoms with Crippen molar-refractivity contribution >= 4 is 0 Å². The Balaban J connectivity index is 2.96. The second-order valence-electron chi connectivity index (χ2n) is 3.35. The van der Waals surface area contributed by atoms with Gasteiger partial charge >= 0.3 is 0 Å². The minimum absolute atomic E-state index is 0.448. The summed E-state index contributed by atoms with van der Waals surface area (Å²) in [7, 11) is 1.99. The zero-order chi connectivity index (χ0) is 9.14. The van der Waals surface area contributed by atoms with E-state index >= 15 is 0 Å². The molecular weight excluding hydrogens is 146 g/mol. The molecule has 12 heavy (non-hydrogen) atoms. The maximum absolute atomic E-state index is 3.23. The zero-order valence-electron chi connectivity index (χ0n) is 8.31. The van der Waals surface area contributed by atoms with Crippen molar-refractivity contribution in [2.45, 2.75) is 26.8 Å². The van der Waals surface area contributed by atoms with E-state index < -0.39 is 0 Å². The molecule has 1 rings (SSSR count).